The molecule has 0 unspecified atom stereocenters. The largest absolute Gasteiger partial charge is 0.316 e. The molecule has 1 heterocycles. The molecule has 1 aliphatic rings. The number of alkyl halides is 1. The predicted octanol–water partition coefficient (Wildman–Crippen LogP) is 1.35. The van der Waals surface area contributed by atoms with Crippen molar-refractivity contribution in [3.63, 3.8) is 0 Å². The fourth-order valence-corrected chi connectivity index (χ4v) is 1.32. The molecule has 1 fully saturated rings. The SMILES string of the molecule is FCC[C@@H]1CCCNC1. The highest BCUT2D eigenvalue weighted by molar-refractivity contribution is 4.67. The van der Waals surface area contributed by atoms with Gasteiger partial charge < -0.3 is 5.32 Å². The first kappa shape index (κ1) is 7.00. The second-order valence-electron chi connectivity index (χ2n) is 2.69. The highest BCUT2D eigenvalue weighted by atomic mass is 19.1. The van der Waals surface area contributed by atoms with Crippen LogP contribution in [-0.2, 0) is 0 Å². The van der Waals surface area contributed by atoms with Crippen LogP contribution >= 0.6 is 0 Å². The van der Waals surface area contributed by atoms with Crippen molar-refractivity contribution in [1.82, 2.24) is 5.32 Å². The molecule has 54 valence electrons. The van der Waals surface area contributed by atoms with E-state index in [0.29, 0.717) is 5.92 Å². The van der Waals surface area contributed by atoms with Gasteiger partial charge in [0.05, 0.1) is 6.67 Å². The van der Waals surface area contributed by atoms with Crippen molar-refractivity contribution in [3.05, 3.63) is 0 Å². The molecule has 0 aromatic rings. The van der Waals surface area contributed by atoms with Gasteiger partial charge in [-0.05, 0) is 38.3 Å². The van der Waals surface area contributed by atoms with Crippen LogP contribution in [0.5, 0.6) is 0 Å². The van der Waals surface area contributed by atoms with Crippen LogP contribution in [0.3, 0.4) is 0 Å². The molecule has 2 heteroatoms. The summed E-state index contributed by atoms with van der Waals surface area (Å²) >= 11 is 0. The molecule has 1 aliphatic heterocycles. The zero-order valence-electron chi connectivity index (χ0n) is 5.70. The fraction of sp³-hybridized carbons (Fsp3) is 1.00. The van der Waals surface area contributed by atoms with E-state index in [1.807, 2.05) is 0 Å². The van der Waals surface area contributed by atoms with E-state index in [2.05, 4.69) is 5.32 Å². The van der Waals surface area contributed by atoms with Gasteiger partial charge >= 0.3 is 0 Å². The van der Waals surface area contributed by atoms with E-state index in [1.165, 1.54) is 12.8 Å². The van der Waals surface area contributed by atoms with Crippen molar-refractivity contribution in [1.29, 1.82) is 0 Å². The average molecular weight is 131 g/mol. The van der Waals surface area contributed by atoms with Crippen LogP contribution < -0.4 is 5.32 Å². The van der Waals surface area contributed by atoms with Crippen molar-refractivity contribution in [2.75, 3.05) is 19.8 Å². The van der Waals surface area contributed by atoms with Gasteiger partial charge in [-0.3, -0.25) is 4.39 Å². The summed E-state index contributed by atoms with van der Waals surface area (Å²) in [6, 6.07) is 0. The summed E-state index contributed by atoms with van der Waals surface area (Å²) in [6.45, 7) is 2.01. The fourth-order valence-electron chi connectivity index (χ4n) is 1.32. The Morgan fingerprint density at radius 1 is 1.56 bits per heavy atom. The quantitative estimate of drug-likeness (QED) is 0.596. The van der Waals surface area contributed by atoms with Gasteiger partial charge in [0.15, 0.2) is 0 Å². The van der Waals surface area contributed by atoms with Crippen LogP contribution in [0, 0.1) is 5.92 Å². The highest BCUT2D eigenvalue weighted by Gasteiger charge is 2.11. The van der Waals surface area contributed by atoms with Gasteiger partial charge in [-0.15, -0.1) is 0 Å². The molecule has 0 spiro atoms. The summed E-state index contributed by atoms with van der Waals surface area (Å²) in [6.07, 6.45) is 3.20. The van der Waals surface area contributed by atoms with Crippen LogP contribution in [0.1, 0.15) is 19.3 Å². The molecule has 0 amide bonds. The normalized spacial score (nSPS) is 28.3. The van der Waals surface area contributed by atoms with Crippen molar-refractivity contribution >= 4 is 0 Å². The molecule has 0 bridgehead atoms. The molecular weight excluding hydrogens is 117 g/mol. The molecule has 0 aromatic carbocycles. The summed E-state index contributed by atoms with van der Waals surface area (Å²) in [5.74, 6) is 0.615. The highest BCUT2D eigenvalue weighted by Crippen LogP contribution is 2.13. The Balaban J connectivity index is 2.08. The summed E-state index contributed by atoms with van der Waals surface area (Å²) < 4.78 is 11.7. The molecular formula is C7H14FN. The molecule has 0 radical (unpaired) electrons. The third-order valence-electron chi connectivity index (χ3n) is 1.92. The first-order chi connectivity index (χ1) is 4.43. The number of hydrogen-bond donors (Lipinski definition) is 1. The maximum Gasteiger partial charge on any atom is 0.0897 e. The topological polar surface area (TPSA) is 12.0 Å². The number of rotatable bonds is 2. The lowest BCUT2D eigenvalue weighted by Crippen LogP contribution is -2.29. The minimum Gasteiger partial charge on any atom is -0.316 e. The number of hydrogen-bond acceptors (Lipinski definition) is 1. The second-order valence-corrected chi connectivity index (χ2v) is 2.69. The van der Waals surface area contributed by atoms with E-state index in [-0.39, 0.29) is 6.67 Å². The number of nitrogens with one attached hydrogen (secondary N) is 1. The Bertz CT molecular complexity index is 66.6. The monoisotopic (exact) mass is 131 g/mol. The average Bonchev–Trinajstić information content (AvgIpc) is 1.91. The van der Waals surface area contributed by atoms with E-state index in [9.17, 15) is 4.39 Å². The Kier molecular flexibility index (Phi) is 2.98. The first-order valence-corrected chi connectivity index (χ1v) is 3.70. The van der Waals surface area contributed by atoms with Gasteiger partial charge in [0.25, 0.3) is 0 Å². The van der Waals surface area contributed by atoms with Crippen molar-refractivity contribution < 1.29 is 4.39 Å². The van der Waals surface area contributed by atoms with Crippen LogP contribution in [0.25, 0.3) is 0 Å². The molecule has 0 saturated carbocycles. The first-order valence-electron chi connectivity index (χ1n) is 3.70. The molecule has 0 aliphatic carbocycles. The van der Waals surface area contributed by atoms with E-state index < -0.39 is 0 Å². The van der Waals surface area contributed by atoms with Gasteiger partial charge in [0.1, 0.15) is 0 Å². The van der Waals surface area contributed by atoms with E-state index in [0.717, 1.165) is 19.5 Å². The maximum atomic E-state index is 11.7. The Labute approximate surface area is 55.6 Å². The summed E-state index contributed by atoms with van der Waals surface area (Å²) in [7, 11) is 0. The minimum atomic E-state index is -0.146. The van der Waals surface area contributed by atoms with E-state index >= 15 is 0 Å². The van der Waals surface area contributed by atoms with Crippen molar-refractivity contribution in [3.8, 4) is 0 Å². The lowest BCUT2D eigenvalue weighted by molar-refractivity contribution is 0.318. The summed E-state index contributed by atoms with van der Waals surface area (Å²) in [4.78, 5) is 0. The summed E-state index contributed by atoms with van der Waals surface area (Å²) in [5.41, 5.74) is 0. The number of piperidine rings is 1. The molecule has 9 heavy (non-hydrogen) atoms. The maximum absolute atomic E-state index is 11.7. The lowest BCUT2D eigenvalue weighted by atomic mass is 9.97. The molecule has 1 saturated heterocycles. The molecule has 0 aromatic heterocycles. The van der Waals surface area contributed by atoms with Gasteiger partial charge in [-0.25, -0.2) is 0 Å². The van der Waals surface area contributed by atoms with Crippen LogP contribution in [0.15, 0.2) is 0 Å². The molecule has 1 atom stereocenters. The van der Waals surface area contributed by atoms with Gasteiger partial charge in [-0.2, -0.15) is 0 Å². The third-order valence-corrected chi connectivity index (χ3v) is 1.92. The Hall–Kier alpha value is -0.110. The van der Waals surface area contributed by atoms with Crippen molar-refractivity contribution in [2.45, 2.75) is 19.3 Å². The van der Waals surface area contributed by atoms with Crippen LogP contribution in [0.4, 0.5) is 4.39 Å². The standard InChI is InChI=1S/C7H14FN/c8-4-3-7-2-1-5-9-6-7/h7,9H,1-6H2/t7-/m0/s1. The van der Waals surface area contributed by atoms with E-state index in [4.69, 9.17) is 0 Å². The Morgan fingerprint density at radius 3 is 3.00 bits per heavy atom. The number of halogens is 1. The third kappa shape index (κ3) is 2.31. The van der Waals surface area contributed by atoms with Crippen LogP contribution in [0.2, 0.25) is 0 Å². The molecule has 1 N–H and O–H groups in total. The molecule has 1 rings (SSSR count). The van der Waals surface area contributed by atoms with Gasteiger partial charge in [0.2, 0.25) is 0 Å². The zero-order valence-corrected chi connectivity index (χ0v) is 5.70. The minimum absolute atomic E-state index is 0.146. The Morgan fingerprint density at radius 2 is 2.44 bits per heavy atom. The summed E-state index contributed by atoms with van der Waals surface area (Å²) in [5, 5.41) is 3.25. The van der Waals surface area contributed by atoms with E-state index in [1.54, 1.807) is 0 Å². The molecule has 1 nitrogen and oxygen atoms in total. The van der Waals surface area contributed by atoms with Gasteiger partial charge in [-0.1, -0.05) is 0 Å². The van der Waals surface area contributed by atoms with Crippen molar-refractivity contribution in [2.24, 2.45) is 5.92 Å². The second kappa shape index (κ2) is 3.83. The zero-order chi connectivity index (χ0) is 6.53. The smallest absolute Gasteiger partial charge is 0.0897 e. The predicted molar refractivity (Wildman–Crippen MR) is 36.2 cm³/mol. The lowest BCUT2D eigenvalue weighted by Gasteiger charge is -2.20. The van der Waals surface area contributed by atoms with Crippen LogP contribution in [-0.4, -0.2) is 19.8 Å². The van der Waals surface area contributed by atoms with Gasteiger partial charge in [0, 0.05) is 0 Å².